The first-order valence-electron chi connectivity index (χ1n) is 7.93. The number of ether oxygens (including phenoxy) is 2. The van der Waals surface area contributed by atoms with E-state index in [-0.39, 0.29) is 6.03 Å². The average molecular weight is 342 g/mol. The lowest BCUT2D eigenvalue weighted by Crippen LogP contribution is -2.32. The average Bonchev–Trinajstić information content (AvgIpc) is 2.61. The van der Waals surface area contributed by atoms with Crippen LogP contribution in [0.1, 0.15) is 21.5 Å². The van der Waals surface area contributed by atoms with Gasteiger partial charge in [-0.05, 0) is 49.7 Å². The lowest BCUT2D eigenvalue weighted by molar-refractivity contribution is 0.0600. The highest BCUT2D eigenvalue weighted by atomic mass is 16.5. The molecule has 0 spiro atoms. The number of carbonyl (C=O) groups excluding carboxylic acids is 2. The van der Waals surface area contributed by atoms with Crippen LogP contribution in [0.3, 0.4) is 0 Å². The van der Waals surface area contributed by atoms with Crippen molar-refractivity contribution >= 4 is 17.7 Å². The van der Waals surface area contributed by atoms with Gasteiger partial charge in [0.15, 0.2) is 0 Å². The second-order valence-corrected chi connectivity index (χ2v) is 5.56. The fraction of sp³-hybridized carbons (Fsp3) is 0.263. The largest absolute Gasteiger partial charge is 0.492 e. The third-order valence-corrected chi connectivity index (χ3v) is 3.57. The molecule has 0 saturated carbocycles. The highest BCUT2D eigenvalue weighted by molar-refractivity contribution is 5.93. The maximum Gasteiger partial charge on any atom is 0.337 e. The molecule has 0 saturated heterocycles. The van der Waals surface area contributed by atoms with E-state index in [1.807, 2.05) is 38.1 Å². The maximum absolute atomic E-state index is 11.9. The summed E-state index contributed by atoms with van der Waals surface area (Å²) < 4.78 is 10.2. The molecular weight excluding hydrogens is 320 g/mol. The molecule has 0 atom stereocenters. The van der Waals surface area contributed by atoms with Crippen molar-refractivity contribution in [2.75, 3.05) is 25.6 Å². The highest BCUT2D eigenvalue weighted by Crippen LogP contribution is 2.17. The number of hydrogen-bond acceptors (Lipinski definition) is 4. The van der Waals surface area contributed by atoms with Gasteiger partial charge in [-0.25, -0.2) is 9.59 Å². The zero-order chi connectivity index (χ0) is 18.2. The molecule has 0 bridgehead atoms. The van der Waals surface area contributed by atoms with Crippen LogP contribution in [0.15, 0.2) is 42.5 Å². The standard InChI is InChI=1S/C19H22N2O4/c1-13-4-7-16(8-5-13)25-11-10-20-19(23)21-17-9-6-15(12-14(17)2)18(22)24-3/h4-9,12H,10-11H2,1-3H3,(H2,20,21,23). The minimum absolute atomic E-state index is 0.332. The van der Waals surface area contributed by atoms with Crippen LogP contribution >= 0.6 is 0 Å². The fourth-order valence-electron chi connectivity index (χ4n) is 2.18. The van der Waals surface area contributed by atoms with Crippen LogP contribution in [0.25, 0.3) is 0 Å². The van der Waals surface area contributed by atoms with Crippen molar-refractivity contribution in [3.05, 3.63) is 59.2 Å². The van der Waals surface area contributed by atoms with Crippen molar-refractivity contribution < 1.29 is 19.1 Å². The molecule has 0 fully saturated rings. The predicted octanol–water partition coefficient (Wildman–Crippen LogP) is 3.29. The Balaban J connectivity index is 1.78. The van der Waals surface area contributed by atoms with Gasteiger partial charge in [0, 0.05) is 5.69 Å². The van der Waals surface area contributed by atoms with Gasteiger partial charge in [-0.3, -0.25) is 0 Å². The number of carbonyl (C=O) groups is 2. The van der Waals surface area contributed by atoms with Crippen LogP contribution in [0, 0.1) is 13.8 Å². The van der Waals surface area contributed by atoms with E-state index in [1.54, 1.807) is 18.2 Å². The van der Waals surface area contributed by atoms with Gasteiger partial charge in [-0.15, -0.1) is 0 Å². The number of nitrogens with one attached hydrogen (secondary N) is 2. The summed E-state index contributed by atoms with van der Waals surface area (Å²) in [5.74, 6) is 0.356. The van der Waals surface area contributed by atoms with E-state index < -0.39 is 5.97 Å². The number of amides is 2. The number of aryl methyl sites for hydroxylation is 2. The third kappa shape index (κ3) is 5.53. The molecule has 2 rings (SSSR count). The zero-order valence-electron chi connectivity index (χ0n) is 14.6. The van der Waals surface area contributed by atoms with Crippen molar-refractivity contribution in [3.8, 4) is 5.75 Å². The van der Waals surface area contributed by atoms with E-state index in [9.17, 15) is 9.59 Å². The maximum atomic E-state index is 11.9. The minimum atomic E-state index is -0.410. The van der Waals surface area contributed by atoms with Gasteiger partial charge < -0.3 is 20.1 Å². The lowest BCUT2D eigenvalue weighted by Gasteiger charge is -2.11. The molecule has 6 nitrogen and oxygen atoms in total. The van der Waals surface area contributed by atoms with E-state index in [4.69, 9.17) is 4.74 Å². The number of esters is 1. The number of urea groups is 1. The van der Waals surface area contributed by atoms with Gasteiger partial charge in [0.05, 0.1) is 19.2 Å². The number of anilines is 1. The summed E-state index contributed by atoms with van der Waals surface area (Å²) in [6.07, 6.45) is 0. The summed E-state index contributed by atoms with van der Waals surface area (Å²) in [7, 11) is 1.33. The van der Waals surface area contributed by atoms with Crippen LogP contribution in [-0.4, -0.2) is 32.3 Å². The molecule has 25 heavy (non-hydrogen) atoms. The second-order valence-electron chi connectivity index (χ2n) is 5.56. The van der Waals surface area contributed by atoms with Crippen molar-refractivity contribution in [2.24, 2.45) is 0 Å². The molecule has 0 aromatic heterocycles. The summed E-state index contributed by atoms with van der Waals surface area (Å²) in [5, 5.41) is 5.46. The van der Waals surface area contributed by atoms with Crippen LogP contribution in [0.5, 0.6) is 5.75 Å². The summed E-state index contributed by atoms with van der Waals surface area (Å²) >= 11 is 0. The smallest absolute Gasteiger partial charge is 0.337 e. The number of rotatable bonds is 6. The summed E-state index contributed by atoms with van der Waals surface area (Å²) in [5.41, 5.74) is 3.01. The van der Waals surface area contributed by atoms with Crippen LogP contribution < -0.4 is 15.4 Å². The SMILES string of the molecule is COC(=O)c1ccc(NC(=O)NCCOc2ccc(C)cc2)c(C)c1. The summed E-state index contributed by atoms with van der Waals surface area (Å²) in [6, 6.07) is 12.3. The molecule has 6 heteroatoms. The van der Waals surface area contributed by atoms with Gasteiger partial charge in [0.2, 0.25) is 0 Å². The van der Waals surface area contributed by atoms with Gasteiger partial charge in [-0.1, -0.05) is 17.7 Å². The van der Waals surface area contributed by atoms with Gasteiger partial charge in [0.1, 0.15) is 12.4 Å². The van der Waals surface area contributed by atoms with E-state index in [0.29, 0.717) is 24.4 Å². The second kappa shape index (κ2) is 8.73. The van der Waals surface area contributed by atoms with Crippen molar-refractivity contribution in [3.63, 3.8) is 0 Å². The molecule has 2 N–H and O–H groups in total. The van der Waals surface area contributed by atoms with Crippen molar-refractivity contribution in [2.45, 2.75) is 13.8 Å². The molecule has 0 aliphatic carbocycles. The summed E-state index contributed by atoms with van der Waals surface area (Å²) in [4.78, 5) is 23.4. The Morgan fingerprint density at radius 3 is 2.40 bits per heavy atom. The Kier molecular flexibility index (Phi) is 6.39. The van der Waals surface area contributed by atoms with Crippen molar-refractivity contribution in [1.82, 2.24) is 5.32 Å². The molecule has 2 amide bonds. The highest BCUT2D eigenvalue weighted by Gasteiger charge is 2.09. The topological polar surface area (TPSA) is 76.7 Å². The molecular formula is C19H22N2O4. The van der Waals surface area contributed by atoms with E-state index in [1.165, 1.54) is 12.7 Å². The molecule has 0 aliphatic rings. The Bertz CT molecular complexity index is 742. The number of benzene rings is 2. The Morgan fingerprint density at radius 1 is 1.04 bits per heavy atom. The quantitative estimate of drug-likeness (QED) is 0.624. The Labute approximate surface area is 147 Å². The van der Waals surface area contributed by atoms with Gasteiger partial charge in [0.25, 0.3) is 0 Å². The Morgan fingerprint density at radius 2 is 1.76 bits per heavy atom. The molecule has 0 aliphatic heterocycles. The lowest BCUT2D eigenvalue weighted by atomic mass is 10.1. The van der Waals surface area contributed by atoms with Gasteiger partial charge >= 0.3 is 12.0 Å². The van der Waals surface area contributed by atoms with Gasteiger partial charge in [-0.2, -0.15) is 0 Å². The van der Waals surface area contributed by atoms with Crippen LogP contribution in [-0.2, 0) is 4.74 Å². The van der Waals surface area contributed by atoms with E-state index in [0.717, 1.165) is 11.3 Å². The first-order chi connectivity index (χ1) is 12.0. The molecule has 0 unspecified atom stereocenters. The molecule has 2 aromatic carbocycles. The van der Waals surface area contributed by atoms with Crippen LogP contribution in [0.2, 0.25) is 0 Å². The van der Waals surface area contributed by atoms with E-state index >= 15 is 0 Å². The Hall–Kier alpha value is -3.02. The monoisotopic (exact) mass is 342 g/mol. The number of hydrogen-bond donors (Lipinski definition) is 2. The number of methoxy groups -OCH3 is 1. The van der Waals surface area contributed by atoms with E-state index in [2.05, 4.69) is 15.4 Å². The predicted molar refractivity (Wildman–Crippen MR) is 96.2 cm³/mol. The first kappa shape index (κ1) is 18.3. The van der Waals surface area contributed by atoms with Crippen LogP contribution in [0.4, 0.5) is 10.5 Å². The fourth-order valence-corrected chi connectivity index (χ4v) is 2.18. The molecule has 2 aromatic rings. The zero-order valence-corrected chi connectivity index (χ0v) is 14.6. The molecule has 132 valence electrons. The van der Waals surface area contributed by atoms with Crippen molar-refractivity contribution in [1.29, 1.82) is 0 Å². The normalized spacial score (nSPS) is 10.0. The molecule has 0 heterocycles. The third-order valence-electron chi connectivity index (χ3n) is 3.57. The summed E-state index contributed by atoms with van der Waals surface area (Å²) in [6.45, 7) is 4.56. The molecule has 0 radical (unpaired) electrons. The first-order valence-corrected chi connectivity index (χ1v) is 7.93. The minimum Gasteiger partial charge on any atom is -0.492 e.